The highest BCUT2D eigenvalue weighted by atomic mass is 79.9. The zero-order valence-electron chi connectivity index (χ0n) is 16.2. The number of benzene rings is 3. The number of ether oxygens (including phenoxy) is 1. The third-order valence-electron chi connectivity index (χ3n) is 4.57. The molecule has 4 rings (SSSR count). The van der Waals surface area contributed by atoms with E-state index in [-0.39, 0.29) is 11.6 Å². The predicted octanol–water partition coefficient (Wildman–Crippen LogP) is 5.82. The molecule has 0 radical (unpaired) electrons. The molecule has 1 aliphatic heterocycles. The zero-order chi connectivity index (χ0) is 21.1. The maximum absolute atomic E-state index is 14.1. The molecule has 0 N–H and O–H groups in total. The Morgan fingerprint density at radius 3 is 2.40 bits per heavy atom. The van der Waals surface area contributed by atoms with Gasteiger partial charge < -0.3 is 4.74 Å². The molecule has 0 spiro atoms. The van der Waals surface area contributed by atoms with Gasteiger partial charge in [-0.1, -0.05) is 46.3 Å². The smallest absolute Gasteiger partial charge is 0.282 e. The molecule has 150 valence electrons. The highest BCUT2D eigenvalue weighted by Crippen LogP contribution is 2.30. The monoisotopic (exact) mass is 464 g/mol. The minimum Gasteiger partial charge on any atom is -0.494 e. The number of anilines is 1. The number of amidine groups is 1. The van der Waals surface area contributed by atoms with E-state index in [4.69, 9.17) is 4.74 Å². The summed E-state index contributed by atoms with van der Waals surface area (Å²) in [5.74, 6) is 0.481. The second-order valence-corrected chi connectivity index (χ2v) is 7.48. The molecule has 0 saturated heterocycles. The molecule has 0 aromatic heterocycles. The van der Waals surface area contributed by atoms with Gasteiger partial charge in [-0.15, -0.1) is 0 Å². The van der Waals surface area contributed by atoms with E-state index in [9.17, 15) is 9.18 Å². The number of hydrogen-bond acceptors (Lipinski definition) is 3. The summed E-state index contributed by atoms with van der Waals surface area (Å²) in [6.45, 7) is 2.47. The maximum atomic E-state index is 14.1. The molecule has 0 fully saturated rings. The van der Waals surface area contributed by atoms with Gasteiger partial charge in [0.1, 0.15) is 23.1 Å². The zero-order valence-corrected chi connectivity index (χ0v) is 17.8. The fraction of sp³-hybridized carbons (Fsp3) is 0.0833. The average Bonchev–Trinajstić information content (AvgIpc) is 3.07. The first kappa shape index (κ1) is 20.0. The lowest BCUT2D eigenvalue weighted by Crippen LogP contribution is -2.32. The van der Waals surface area contributed by atoms with Crippen LogP contribution in [0.15, 0.2) is 88.0 Å². The summed E-state index contributed by atoms with van der Waals surface area (Å²) in [7, 11) is 0. The van der Waals surface area contributed by atoms with Crippen LogP contribution in [0.2, 0.25) is 0 Å². The van der Waals surface area contributed by atoms with Gasteiger partial charge in [-0.2, -0.15) is 0 Å². The number of aliphatic imine (C=N–C) groups is 1. The van der Waals surface area contributed by atoms with Crippen molar-refractivity contribution in [2.75, 3.05) is 11.5 Å². The van der Waals surface area contributed by atoms with Crippen molar-refractivity contribution in [2.45, 2.75) is 6.92 Å². The van der Waals surface area contributed by atoms with Crippen molar-refractivity contribution in [3.05, 3.63) is 99.9 Å². The van der Waals surface area contributed by atoms with Crippen molar-refractivity contribution < 1.29 is 13.9 Å². The molecule has 3 aromatic rings. The van der Waals surface area contributed by atoms with Gasteiger partial charge in [0.05, 0.1) is 12.3 Å². The molecule has 1 amide bonds. The molecule has 1 aliphatic rings. The Labute approximate surface area is 182 Å². The second kappa shape index (κ2) is 8.63. The lowest BCUT2D eigenvalue weighted by atomic mass is 10.1. The molecular weight excluding hydrogens is 447 g/mol. The summed E-state index contributed by atoms with van der Waals surface area (Å²) >= 11 is 3.43. The quantitative estimate of drug-likeness (QED) is 0.446. The van der Waals surface area contributed by atoms with Crippen LogP contribution in [0.25, 0.3) is 6.08 Å². The first-order valence-electron chi connectivity index (χ1n) is 9.45. The summed E-state index contributed by atoms with van der Waals surface area (Å²) in [4.78, 5) is 19.4. The van der Waals surface area contributed by atoms with Crippen LogP contribution in [-0.2, 0) is 4.79 Å². The Balaban J connectivity index is 1.79. The minimum absolute atomic E-state index is 0.173. The van der Waals surface area contributed by atoms with Gasteiger partial charge in [-0.3, -0.25) is 9.69 Å². The van der Waals surface area contributed by atoms with Crippen LogP contribution >= 0.6 is 15.9 Å². The third kappa shape index (κ3) is 4.04. The van der Waals surface area contributed by atoms with E-state index >= 15 is 0 Å². The Morgan fingerprint density at radius 2 is 1.73 bits per heavy atom. The molecule has 0 saturated carbocycles. The Bertz CT molecular complexity index is 1140. The first-order valence-corrected chi connectivity index (χ1v) is 10.2. The molecule has 0 bridgehead atoms. The molecular formula is C24H18BrFN2O2. The molecule has 0 atom stereocenters. The van der Waals surface area contributed by atoms with E-state index in [0.29, 0.717) is 23.7 Å². The van der Waals surface area contributed by atoms with E-state index in [0.717, 1.165) is 15.8 Å². The van der Waals surface area contributed by atoms with Crippen LogP contribution in [0.1, 0.15) is 18.1 Å². The number of rotatable bonds is 5. The van der Waals surface area contributed by atoms with E-state index in [2.05, 4.69) is 20.9 Å². The number of carbonyl (C=O) groups excluding carboxylic acids is 1. The number of carbonyl (C=O) groups is 1. The number of halogens is 2. The van der Waals surface area contributed by atoms with Gasteiger partial charge in [0.25, 0.3) is 5.91 Å². The molecule has 6 heteroatoms. The molecule has 30 heavy (non-hydrogen) atoms. The Hall–Kier alpha value is -3.25. The largest absolute Gasteiger partial charge is 0.494 e. The Kier molecular flexibility index (Phi) is 5.77. The van der Waals surface area contributed by atoms with Gasteiger partial charge in [0.15, 0.2) is 0 Å². The van der Waals surface area contributed by atoms with Gasteiger partial charge in [0.2, 0.25) is 0 Å². The van der Waals surface area contributed by atoms with Crippen LogP contribution in [-0.4, -0.2) is 18.3 Å². The van der Waals surface area contributed by atoms with Gasteiger partial charge in [-0.05, 0) is 55.5 Å². The van der Waals surface area contributed by atoms with Gasteiger partial charge in [-0.25, -0.2) is 9.38 Å². The highest BCUT2D eigenvalue weighted by Gasteiger charge is 2.32. The van der Waals surface area contributed by atoms with Gasteiger partial charge >= 0.3 is 0 Å². The molecule has 3 aromatic carbocycles. The maximum Gasteiger partial charge on any atom is 0.282 e. The van der Waals surface area contributed by atoms with Crippen molar-refractivity contribution in [1.82, 2.24) is 0 Å². The van der Waals surface area contributed by atoms with Crippen LogP contribution in [0.3, 0.4) is 0 Å². The SMILES string of the molecule is CCOc1ccc(N2C(=O)/C(=C\c3ccccc3F)N=C2c2ccc(Br)cc2)cc1. The summed E-state index contributed by atoms with van der Waals surface area (Å²) in [6, 6.07) is 21.1. The molecule has 0 aliphatic carbocycles. The van der Waals surface area contributed by atoms with Gasteiger partial charge in [0, 0.05) is 15.6 Å². The summed E-state index contributed by atoms with van der Waals surface area (Å²) < 4.78 is 20.6. The first-order chi connectivity index (χ1) is 14.6. The molecule has 0 unspecified atom stereocenters. The number of amides is 1. The van der Waals surface area contributed by atoms with E-state index in [1.54, 1.807) is 18.2 Å². The van der Waals surface area contributed by atoms with E-state index in [1.807, 2.05) is 55.5 Å². The van der Waals surface area contributed by atoms with E-state index in [1.165, 1.54) is 17.0 Å². The molecule has 4 nitrogen and oxygen atoms in total. The van der Waals surface area contributed by atoms with E-state index < -0.39 is 5.82 Å². The second-order valence-electron chi connectivity index (χ2n) is 6.56. The topological polar surface area (TPSA) is 41.9 Å². The summed E-state index contributed by atoms with van der Waals surface area (Å²) in [5, 5.41) is 0. The summed E-state index contributed by atoms with van der Waals surface area (Å²) in [5.41, 5.74) is 1.92. The van der Waals surface area contributed by atoms with Crippen LogP contribution in [0.4, 0.5) is 10.1 Å². The van der Waals surface area contributed by atoms with Crippen molar-refractivity contribution in [1.29, 1.82) is 0 Å². The van der Waals surface area contributed by atoms with Crippen LogP contribution in [0.5, 0.6) is 5.75 Å². The van der Waals surface area contributed by atoms with Crippen molar-refractivity contribution in [2.24, 2.45) is 4.99 Å². The third-order valence-corrected chi connectivity index (χ3v) is 5.09. The van der Waals surface area contributed by atoms with Crippen molar-refractivity contribution in [3.63, 3.8) is 0 Å². The summed E-state index contributed by atoms with van der Waals surface area (Å²) in [6.07, 6.45) is 1.48. The minimum atomic E-state index is -0.405. The lowest BCUT2D eigenvalue weighted by Gasteiger charge is -2.19. The van der Waals surface area contributed by atoms with Crippen LogP contribution in [0, 0.1) is 5.82 Å². The normalized spacial score (nSPS) is 14.9. The molecule has 1 heterocycles. The van der Waals surface area contributed by atoms with Crippen molar-refractivity contribution in [3.8, 4) is 5.75 Å². The van der Waals surface area contributed by atoms with Crippen molar-refractivity contribution >= 4 is 39.4 Å². The standard InChI is InChI=1S/C24H18BrFN2O2/c1-2-30-20-13-11-19(12-14-20)28-23(16-7-9-18(25)10-8-16)27-22(24(28)29)15-17-5-3-4-6-21(17)26/h3-15H,2H2,1H3/b22-15+. The number of hydrogen-bond donors (Lipinski definition) is 0. The Morgan fingerprint density at radius 1 is 1.03 bits per heavy atom. The fourth-order valence-electron chi connectivity index (χ4n) is 3.15. The van der Waals surface area contributed by atoms with Crippen LogP contribution < -0.4 is 9.64 Å². The highest BCUT2D eigenvalue weighted by molar-refractivity contribution is 9.10. The fourth-order valence-corrected chi connectivity index (χ4v) is 3.41. The lowest BCUT2D eigenvalue weighted by molar-refractivity contribution is -0.113. The number of nitrogens with zero attached hydrogens (tertiary/aromatic N) is 2. The average molecular weight is 465 g/mol. The predicted molar refractivity (Wildman–Crippen MR) is 120 cm³/mol.